The average Bonchev–Trinajstić information content (AvgIpc) is 2.59. The van der Waals surface area contributed by atoms with E-state index in [2.05, 4.69) is 10.3 Å². The Morgan fingerprint density at radius 1 is 1.13 bits per heavy atom. The number of pyridine rings is 1. The Bertz CT molecular complexity index is 904. The number of aliphatic hydroxyl groups excluding tert-OH is 1. The third-order valence-electron chi connectivity index (χ3n) is 3.68. The van der Waals surface area contributed by atoms with Crippen LogP contribution in [-0.4, -0.2) is 22.5 Å². The van der Waals surface area contributed by atoms with E-state index in [-0.39, 0.29) is 12.5 Å². The van der Waals surface area contributed by atoms with Gasteiger partial charge in [0.05, 0.1) is 11.7 Å². The Morgan fingerprint density at radius 3 is 2.70 bits per heavy atom. The summed E-state index contributed by atoms with van der Waals surface area (Å²) in [5.74, 6) is -0.299. The quantitative estimate of drug-likeness (QED) is 0.645. The molecule has 0 saturated carbocycles. The van der Waals surface area contributed by atoms with Crippen LogP contribution >= 0.6 is 12.2 Å². The van der Waals surface area contributed by atoms with Crippen molar-refractivity contribution in [3.63, 3.8) is 0 Å². The van der Waals surface area contributed by atoms with Crippen LogP contribution in [0.2, 0.25) is 0 Å². The van der Waals surface area contributed by atoms with Gasteiger partial charge in [0.2, 0.25) is 0 Å². The number of carbonyl (C=O) groups excluding carboxylic acids is 1. The summed E-state index contributed by atoms with van der Waals surface area (Å²) >= 11 is 5.08. The fourth-order valence-corrected chi connectivity index (χ4v) is 2.65. The Labute approximate surface area is 138 Å². The monoisotopic (exact) mass is 324 g/mol. The molecule has 1 aromatic heterocycles. The minimum Gasteiger partial charge on any atom is -0.387 e. The van der Waals surface area contributed by atoms with Gasteiger partial charge in [-0.15, -0.1) is 0 Å². The number of benzene rings is 2. The number of nitrogens with one attached hydrogen (secondary N) is 2. The first kappa shape index (κ1) is 15.4. The maximum absolute atomic E-state index is 12.1. The van der Waals surface area contributed by atoms with Gasteiger partial charge >= 0.3 is 0 Å². The normalized spacial score (nSPS) is 12.0. The minimum atomic E-state index is -0.773. The molecule has 23 heavy (non-hydrogen) atoms. The Morgan fingerprint density at radius 2 is 1.91 bits per heavy atom. The predicted molar refractivity (Wildman–Crippen MR) is 92.9 cm³/mol. The van der Waals surface area contributed by atoms with Crippen LogP contribution in [0, 0.1) is 4.64 Å². The van der Waals surface area contributed by atoms with Crippen molar-refractivity contribution in [3.8, 4) is 0 Å². The topological polar surface area (TPSA) is 65.1 Å². The molecule has 5 heteroatoms. The van der Waals surface area contributed by atoms with Crippen molar-refractivity contribution >= 4 is 28.9 Å². The highest BCUT2D eigenvalue weighted by Gasteiger charge is 2.12. The molecule has 0 saturated heterocycles. The fraction of sp³-hybridized carbons (Fsp3) is 0.111. The molecule has 0 spiro atoms. The number of carbonyl (C=O) groups is 1. The minimum absolute atomic E-state index is 0.126. The molecule has 3 N–H and O–H groups in total. The second-order valence-electron chi connectivity index (χ2n) is 5.25. The molecular formula is C18H16N2O2S. The number of H-pyrrole nitrogens is 1. The van der Waals surface area contributed by atoms with Crippen LogP contribution in [0.15, 0.2) is 60.8 Å². The molecule has 0 aliphatic heterocycles. The molecule has 4 nitrogen and oxygen atoms in total. The van der Waals surface area contributed by atoms with Gasteiger partial charge in [-0.3, -0.25) is 4.79 Å². The molecule has 0 bridgehead atoms. The smallest absolute Gasteiger partial charge is 0.254 e. The van der Waals surface area contributed by atoms with Gasteiger partial charge in [0.25, 0.3) is 5.91 Å². The highest BCUT2D eigenvalue weighted by molar-refractivity contribution is 7.71. The zero-order valence-electron chi connectivity index (χ0n) is 12.3. The van der Waals surface area contributed by atoms with Gasteiger partial charge in [-0.25, -0.2) is 0 Å². The zero-order valence-corrected chi connectivity index (χ0v) is 13.1. The molecule has 1 unspecified atom stereocenters. The van der Waals surface area contributed by atoms with Gasteiger partial charge in [-0.1, -0.05) is 48.6 Å². The van der Waals surface area contributed by atoms with Crippen LogP contribution in [0.25, 0.3) is 10.8 Å². The summed E-state index contributed by atoms with van der Waals surface area (Å²) in [7, 11) is 0. The van der Waals surface area contributed by atoms with Crippen molar-refractivity contribution in [2.45, 2.75) is 6.10 Å². The SMILES string of the molecule is O=C(NCC(O)c1ccc2ccccc2c1)c1ccc[nH]c1=S. The van der Waals surface area contributed by atoms with Gasteiger partial charge in [0.15, 0.2) is 0 Å². The van der Waals surface area contributed by atoms with E-state index >= 15 is 0 Å². The summed E-state index contributed by atoms with van der Waals surface area (Å²) in [6.07, 6.45) is 0.896. The Kier molecular flexibility index (Phi) is 4.50. The number of hydrogen-bond donors (Lipinski definition) is 3. The van der Waals surface area contributed by atoms with E-state index in [4.69, 9.17) is 12.2 Å². The fourth-order valence-electron chi connectivity index (χ4n) is 2.42. The molecule has 1 amide bonds. The van der Waals surface area contributed by atoms with E-state index in [0.717, 1.165) is 16.3 Å². The summed E-state index contributed by atoms with van der Waals surface area (Å²) in [4.78, 5) is 14.9. The van der Waals surface area contributed by atoms with Crippen molar-refractivity contribution in [3.05, 3.63) is 76.6 Å². The van der Waals surface area contributed by atoms with E-state index < -0.39 is 6.10 Å². The van der Waals surface area contributed by atoms with Crippen LogP contribution in [-0.2, 0) is 0 Å². The molecular weight excluding hydrogens is 308 g/mol. The Balaban J connectivity index is 1.71. The van der Waals surface area contributed by atoms with E-state index in [1.165, 1.54) is 0 Å². The molecule has 3 rings (SSSR count). The first-order valence-corrected chi connectivity index (χ1v) is 7.68. The zero-order chi connectivity index (χ0) is 16.2. The summed E-state index contributed by atoms with van der Waals surface area (Å²) in [6.45, 7) is 0.126. The van der Waals surface area contributed by atoms with E-state index in [1.807, 2.05) is 42.5 Å². The van der Waals surface area contributed by atoms with Crippen LogP contribution in [0.5, 0.6) is 0 Å². The molecule has 0 aliphatic carbocycles. The summed E-state index contributed by atoms with van der Waals surface area (Å²) in [5, 5.41) is 15.2. The molecule has 1 heterocycles. The number of hydrogen-bond acceptors (Lipinski definition) is 3. The summed E-state index contributed by atoms with van der Waals surface area (Å²) in [6, 6.07) is 17.1. The summed E-state index contributed by atoms with van der Waals surface area (Å²) < 4.78 is 0.380. The number of aromatic amines is 1. The second-order valence-corrected chi connectivity index (χ2v) is 5.65. The lowest BCUT2D eigenvalue weighted by Gasteiger charge is -2.13. The third-order valence-corrected chi connectivity index (χ3v) is 4.01. The lowest BCUT2D eigenvalue weighted by atomic mass is 10.0. The van der Waals surface area contributed by atoms with Crippen LogP contribution in [0.3, 0.4) is 0 Å². The van der Waals surface area contributed by atoms with Crippen molar-refractivity contribution < 1.29 is 9.90 Å². The van der Waals surface area contributed by atoms with Gasteiger partial charge < -0.3 is 15.4 Å². The van der Waals surface area contributed by atoms with E-state index in [9.17, 15) is 9.90 Å². The van der Waals surface area contributed by atoms with Crippen LogP contribution in [0.1, 0.15) is 22.0 Å². The second kappa shape index (κ2) is 6.73. The lowest BCUT2D eigenvalue weighted by Crippen LogP contribution is -2.28. The van der Waals surface area contributed by atoms with Crippen LogP contribution < -0.4 is 5.32 Å². The lowest BCUT2D eigenvalue weighted by molar-refractivity contribution is 0.0915. The highest BCUT2D eigenvalue weighted by atomic mass is 32.1. The van der Waals surface area contributed by atoms with Gasteiger partial charge in [-0.2, -0.15) is 0 Å². The molecule has 1 atom stereocenters. The predicted octanol–water partition coefficient (Wildman–Crippen LogP) is 3.36. The molecule has 2 aromatic carbocycles. The number of aliphatic hydroxyl groups is 1. The van der Waals surface area contributed by atoms with Crippen LogP contribution in [0.4, 0.5) is 0 Å². The number of rotatable bonds is 4. The number of fused-ring (bicyclic) bond motifs is 1. The standard InChI is InChI=1S/C18H16N2O2S/c21-16(11-20-17(22)15-6-3-9-19-18(15)23)14-8-7-12-4-1-2-5-13(12)10-14/h1-10,16,21H,11H2,(H,19,23)(H,20,22). The number of aromatic nitrogens is 1. The highest BCUT2D eigenvalue weighted by Crippen LogP contribution is 2.20. The first-order valence-electron chi connectivity index (χ1n) is 7.28. The van der Waals surface area contributed by atoms with Crippen molar-refractivity contribution in [2.24, 2.45) is 0 Å². The Hall–Kier alpha value is -2.50. The van der Waals surface area contributed by atoms with Gasteiger partial charge in [0, 0.05) is 12.7 Å². The number of amides is 1. The summed E-state index contributed by atoms with van der Waals surface area (Å²) in [5.41, 5.74) is 1.16. The average molecular weight is 324 g/mol. The maximum Gasteiger partial charge on any atom is 0.254 e. The molecule has 3 aromatic rings. The molecule has 0 aliphatic rings. The molecule has 0 fully saturated rings. The van der Waals surface area contributed by atoms with Crippen molar-refractivity contribution in [1.82, 2.24) is 10.3 Å². The largest absolute Gasteiger partial charge is 0.387 e. The van der Waals surface area contributed by atoms with E-state index in [1.54, 1.807) is 18.3 Å². The molecule has 116 valence electrons. The molecule has 0 radical (unpaired) electrons. The van der Waals surface area contributed by atoms with E-state index in [0.29, 0.717) is 10.2 Å². The van der Waals surface area contributed by atoms with Gasteiger partial charge in [0.1, 0.15) is 4.64 Å². The van der Waals surface area contributed by atoms with Gasteiger partial charge in [-0.05, 0) is 34.5 Å². The maximum atomic E-state index is 12.1. The van der Waals surface area contributed by atoms with Crippen molar-refractivity contribution in [1.29, 1.82) is 0 Å². The first-order chi connectivity index (χ1) is 11.1. The third kappa shape index (κ3) is 3.47. The van der Waals surface area contributed by atoms with Crippen molar-refractivity contribution in [2.75, 3.05) is 6.54 Å².